The van der Waals surface area contributed by atoms with Gasteiger partial charge in [0.05, 0.1) is 11.9 Å². The van der Waals surface area contributed by atoms with Crippen LogP contribution in [-0.2, 0) is 12.6 Å². The first-order valence-corrected chi connectivity index (χ1v) is 11.2. The highest BCUT2D eigenvalue weighted by Crippen LogP contribution is 2.49. The Labute approximate surface area is 199 Å². The molecule has 0 atom stereocenters. The lowest BCUT2D eigenvalue weighted by Crippen LogP contribution is -2.49. The number of rotatable bonds is 2. The van der Waals surface area contributed by atoms with Crippen LogP contribution in [0, 0.1) is 0 Å². The number of carbonyl (C=O) groups excluding carboxylic acids is 1. The second-order valence-electron chi connectivity index (χ2n) is 8.90. The largest absolute Gasteiger partial charge is 0.573 e. The zero-order chi connectivity index (χ0) is 24.4. The van der Waals surface area contributed by atoms with Crippen molar-refractivity contribution in [1.29, 1.82) is 0 Å². The van der Waals surface area contributed by atoms with Gasteiger partial charge in [0.2, 0.25) is 0 Å². The smallest absolute Gasteiger partial charge is 0.482 e. The summed E-state index contributed by atoms with van der Waals surface area (Å²) in [6.07, 6.45) is -1.74. The summed E-state index contributed by atoms with van der Waals surface area (Å²) in [6, 6.07) is 13.4. The molecule has 1 spiro atoms. The summed E-state index contributed by atoms with van der Waals surface area (Å²) in [5.74, 6) is 0.262. The zero-order valence-corrected chi connectivity index (χ0v) is 18.7. The fourth-order valence-corrected chi connectivity index (χ4v) is 5.14. The number of amides is 1. The van der Waals surface area contributed by atoms with Crippen LogP contribution in [0.15, 0.2) is 54.7 Å². The van der Waals surface area contributed by atoms with Gasteiger partial charge in [-0.05, 0) is 36.4 Å². The summed E-state index contributed by atoms with van der Waals surface area (Å²) in [5, 5.41) is 4.94. The molecule has 4 heterocycles. The molecule has 0 unspecified atom stereocenters. The van der Waals surface area contributed by atoms with Crippen molar-refractivity contribution in [3.63, 3.8) is 0 Å². The predicted molar refractivity (Wildman–Crippen MR) is 123 cm³/mol. The van der Waals surface area contributed by atoms with Crippen LogP contribution in [0.5, 0.6) is 11.5 Å². The van der Waals surface area contributed by atoms with Gasteiger partial charge in [-0.3, -0.25) is 9.48 Å². The molecule has 6 rings (SSSR count). The number of nitrogens with zero attached hydrogens (tertiary/aromatic N) is 3. The number of piperidine rings is 1. The standard InChI is InChI=1S/C25H21F3N4O3.H2/c1-31-22-17-4-2-3-5-21(17)35-24(18(22)14-29-31)8-10-32(11-9-24)23(33)20-13-15-12-16(34-25(26,27)28)6-7-19(15)30-20;/h2-7,12-14,30H,8-11H2,1H3;1H. The lowest BCUT2D eigenvalue weighted by Gasteiger charge is -2.44. The third-order valence-electron chi connectivity index (χ3n) is 6.79. The highest BCUT2D eigenvalue weighted by atomic mass is 19.4. The van der Waals surface area contributed by atoms with Gasteiger partial charge in [0.15, 0.2) is 0 Å². The quantitative estimate of drug-likeness (QED) is 0.423. The minimum Gasteiger partial charge on any atom is -0.482 e. The average Bonchev–Trinajstić information content (AvgIpc) is 3.42. The number of likely N-dealkylation sites (tertiary alicyclic amines) is 1. The second-order valence-corrected chi connectivity index (χ2v) is 8.90. The molecule has 0 aliphatic carbocycles. The monoisotopic (exact) mass is 484 g/mol. The number of fused-ring (bicyclic) bond motifs is 5. The van der Waals surface area contributed by atoms with Crippen molar-refractivity contribution < 1.29 is 28.9 Å². The zero-order valence-electron chi connectivity index (χ0n) is 18.7. The van der Waals surface area contributed by atoms with E-state index in [1.165, 1.54) is 18.2 Å². The van der Waals surface area contributed by atoms with Crippen molar-refractivity contribution in [2.75, 3.05) is 13.1 Å². The van der Waals surface area contributed by atoms with E-state index >= 15 is 0 Å². The fourth-order valence-electron chi connectivity index (χ4n) is 5.14. The number of nitrogens with one attached hydrogen (secondary N) is 1. The van der Waals surface area contributed by atoms with Crippen molar-refractivity contribution in [2.45, 2.75) is 24.8 Å². The molecule has 2 aromatic heterocycles. The Bertz CT molecular complexity index is 1450. The summed E-state index contributed by atoms with van der Waals surface area (Å²) >= 11 is 0. The van der Waals surface area contributed by atoms with Crippen LogP contribution in [0.1, 0.15) is 30.3 Å². The van der Waals surface area contributed by atoms with Crippen molar-refractivity contribution in [2.24, 2.45) is 7.05 Å². The van der Waals surface area contributed by atoms with Crippen LogP contribution in [0.2, 0.25) is 0 Å². The molecule has 0 radical (unpaired) electrons. The lowest BCUT2D eigenvalue weighted by molar-refractivity contribution is -0.274. The molecule has 2 aliphatic heterocycles. The Hall–Kier alpha value is -3.95. The molecule has 1 amide bonds. The van der Waals surface area contributed by atoms with Crippen LogP contribution >= 0.6 is 0 Å². The maximum absolute atomic E-state index is 13.2. The number of aryl methyl sites for hydroxylation is 1. The fraction of sp³-hybridized carbons (Fsp3) is 0.280. The molecule has 1 fully saturated rings. The van der Waals surface area contributed by atoms with Crippen LogP contribution in [0.25, 0.3) is 22.2 Å². The minimum absolute atomic E-state index is 0. The van der Waals surface area contributed by atoms with Crippen LogP contribution in [0.4, 0.5) is 13.2 Å². The number of aromatic amines is 1. The number of aromatic nitrogens is 3. The molecule has 2 aromatic carbocycles. The molecular formula is C25H23F3N4O3. The number of carbonyl (C=O) groups is 1. The molecule has 0 bridgehead atoms. The van der Waals surface area contributed by atoms with E-state index in [1.54, 1.807) is 11.0 Å². The van der Waals surface area contributed by atoms with Gasteiger partial charge in [0, 0.05) is 56.4 Å². The number of alkyl halides is 3. The maximum atomic E-state index is 13.2. The Morgan fingerprint density at radius 3 is 2.71 bits per heavy atom. The van der Waals surface area contributed by atoms with E-state index in [0.29, 0.717) is 42.5 Å². The van der Waals surface area contributed by atoms with Gasteiger partial charge in [0.1, 0.15) is 22.8 Å². The average molecular weight is 484 g/mol. The Morgan fingerprint density at radius 1 is 1.17 bits per heavy atom. The van der Waals surface area contributed by atoms with Gasteiger partial charge in [0.25, 0.3) is 5.91 Å². The van der Waals surface area contributed by atoms with Crippen LogP contribution in [0.3, 0.4) is 0 Å². The first-order valence-electron chi connectivity index (χ1n) is 11.2. The molecule has 10 heteroatoms. The van der Waals surface area contributed by atoms with E-state index in [2.05, 4.69) is 14.8 Å². The number of para-hydroxylation sites is 1. The number of hydrogen-bond acceptors (Lipinski definition) is 4. The minimum atomic E-state index is -4.78. The topological polar surface area (TPSA) is 72.4 Å². The normalized spacial score (nSPS) is 16.6. The third-order valence-corrected chi connectivity index (χ3v) is 6.79. The lowest BCUT2D eigenvalue weighted by atomic mass is 9.81. The van der Waals surface area contributed by atoms with Gasteiger partial charge < -0.3 is 19.4 Å². The van der Waals surface area contributed by atoms with E-state index in [1.807, 2.05) is 42.2 Å². The molecule has 1 saturated heterocycles. The predicted octanol–water partition coefficient (Wildman–Crippen LogP) is 5.24. The molecule has 4 aromatic rings. The molecule has 1 N–H and O–H groups in total. The van der Waals surface area contributed by atoms with Gasteiger partial charge in [-0.15, -0.1) is 13.2 Å². The summed E-state index contributed by atoms with van der Waals surface area (Å²) in [4.78, 5) is 18.0. The van der Waals surface area contributed by atoms with Crippen molar-refractivity contribution in [3.05, 3.63) is 66.0 Å². The van der Waals surface area contributed by atoms with Gasteiger partial charge in [-0.1, -0.05) is 12.1 Å². The molecule has 0 saturated carbocycles. The maximum Gasteiger partial charge on any atom is 0.573 e. The van der Waals surface area contributed by atoms with Gasteiger partial charge in [-0.25, -0.2) is 0 Å². The molecule has 35 heavy (non-hydrogen) atoms. The third kappa shape index (κ3) is 3.60. The summed E-state index contributed by atoms with van der Waals surface area (Å²) in [6.45, 7) is 0.931. The highest BCUT2D eigenvalue weighted by molar-refractivity contribution is 5.98. The van der Waals surface area contributed by atoms with E-state index in [9.17, 15) is 18.0 Å². The SMILES string of the molecule is Cn1ncc2c1-c1ccccc1OC21CCN(C(=O)c2cc3cc(OC(F)(F)F)ccc3[nH]2)CC1.[HH]. The molecular weight excluding hydrogens is 461 g/mol. The number of halogens is 3. The number of benzene rings is 2. The van der Waals surface area contributed by atoms with Crippen molar-refractivity contribution in [1.82, 2.24) is 19.7 Å². The number of ether oxygens (including phenoxy) is 2. The first-order chi connectivity index (χ1) is 16.7. The summed E-state index contributed by atoms with van der Waals surface area (Å²) in [7, 11) is 1.91. The Morgan fingerprint density at radius 2 is 1.94 bits per heavy atom. The molecule has 7 nitrogen and oxygen atoms in total. The van der Waals surface area contributed by atoms with Crippen molar-refractivity contribution >= 4 is 16.8 Å². The van der Waals surface area contributed by atoms with Gasteiger partial charge in [-0.2, -0.15) is 5.10 Å². The Balaban J connectivity index is 0.00000267. The van der Waals surface area contributed by atoms with E-state index in [0.717, 1.165) is 22.6 Å². The Kier molecular flexibility index (Phi) is 4.64. The first kappa shape index (κ1) is 21.6. The van der Waals surface area contributed by atoms with Crippen LogP contribution in [-0.4, -0.2) is 45.0 Å². The molecule has 2 aliphatic rings. The van der Waals surface area contributed by atoms with Crippen molar-refractivity contribution in [3.8, 4) is 22.8 Å². The van der Waals surface area contributed by atoms with E-state index in [4.69, 9.17) is 4.74 Å². The van der Waals surface area contributed by atoms with E-state index in [-0.39, 0.29) is 13.1 Å². The second kappa shape index (κ2) is 7.53. The van der Waals surface area contributed by atoms with Crippen LogP contribution < -0.4 is 9.47 Å². The van der Waals surface area contributed by atoms with Gasteiger partial charge >= 0.3 is 6.36 Å². The molecule has 182 valence electrons. The number of hydrogen-bond donors (Lipinski definition) is 1. The summed E-state index contributed by atoms with van der Waals surface area (Å²) < 4.78 is 50.0. The highest BCUT2D eigenvalue weighted by Gasteiger charge is 2.46. The van der Waals surface area contributed by atoms with E-state index < -0.39 is 12.0 Å². The number of H-pyrrole nitrogens is 1. The summed E-state index contributed by atoms with van der Waals surface area (Å²) in [5.41, 5.74) is 3.35.